The minimum absolute atomic E-state index is 0.0767. The summed E-state index contributed by atoms with van der Waals surface area (Å²) in [6.45, 7) is 2.83. The highest BCUT2D eigenvalue weighted by Crippen LogP contribution is 2.31. The minimum atomic E-state index is 0.0767. The number of ether oxygens (including phenoxy) is 1. The van der Waals surface area contributed by atoms with Crippen LogP contribution in [-0.4, -0.2) is 17.1 Å². The molecule has 0 saturated carbocycles. The first kappa shape index (κ1) is 18.0. The van der Waals surface area contributed by atoms with Crippen molar-refractivity contribution >= 4 is 16.7 Å². The Bertz CT molecular complexity index is 1070. The first-order chi connectivity index (χ1) is 13.8. The van der Waals surface area contributed by atoms with E-state index in [1.165, 1.54) is 11.1 Å². The molecule has 0 saturated heterocycles. The summed E-state index contributed by atoms with van der Waals surface area (Å²) in [5.74, 6) is 2.43. The average Bonchev–Trinajstić information content (AvgIpc) is 2.77. The van der Waals surface area contributed by atoms with Crippen LogP contribution >= 0.6 is 0 Å². The maximum Gasteiger partial charge on any atom is 0.145 e. The zero-order valence-electron chi connectivity index (χ0n) is 16.1. The molecule has 140 valence electrons. The van der Waals surface area contributed by atoms with E-state index in [4.69, 9.17) is 14.7 Å². The molecule has 4 nitrogen and oxygen atoms in total. The van der Waals surface area contributed by atoms with Crippen LogP contribution < -0.4 is 10.1 Å². The monoisotopic (exact) mass is 369 g/mol. The van der Waals surface area contributed by atoms with Gasteiger partial charge in [0.1, 0.15) is 22.9 Å². The van der Waals surface area contributed by atoms with Crippen molar-refractivity contribution in [2.75, 3.05) is 12.4 Å². The molecule has 1 N–H and O–H groups in total. The number of hydrogen-bond acceptors (Lipinski definition) is 4. The molecule has 0 aliphatic carbocycles. The maximum absolute atomic E-state index is 5.57. The molecule has 4 aromatic rings. The van der Waals surface area contributed by atoms with Crippen LogP contribution in [0.1, 0.15) is 29.8 Å². The van der Waals surface area contributed by atoms with Crippen LogP contribution in [0.25, 0.3) is 10.9 Å². The lowest BCUT2D eigenvalue weighted by molar-refractivity contribution is 0.418. The van der Waals surface area contributed by atoms with Gasteiger partial charge in [0.2, 0.25) is 0 Å². The molecular formula is C24H23N3O. The number of anilines is 1. The summed E-state index contributed by atoms with van der Waals surface area (Å²) in [6, 6.07) is 26.6. The summed E-state index contributed by atoms with van der Waals surface area (Å²) >= 11 is 0. The number of rotatable bonds is 6. The van der Waals surface area contributed by atoms with Crippen LogP contribution in [0.15, 0.2) is 78.9 Å². The first-order valence-corrected chi connectivity index (χ1v) is 9.43. The molecular weight excluding hydrogens is 346 g/mol. The van der Waals surface area contributed by atoms with Crippen molar-refractivity contribution in [1.29, 1.82) is 0 Å². The Morgan fingerprint density at radius 1 is 0.857 bits per heavy atom. The zero-order valence-corrected chi connectivity index (χ0v) is 16.1. The van der Waals surface area contributed by atoms with Crippen LogP contribution in [0.2, 0.25) is 0 Å². The highest BCUT2D eigenvalue weighted by atomic mass is 16.5. The number of para-hydroxylation sites is 1. The van der Waals surface area contributed by atoms with Crippen molar-refractivity contribution in [3.05, 3.63) is 95.8 Å². The number of methoxy groups -OCH3 is 1. The molecule has 4 heteroatoms. The van der Waals surface area contributed by atoms with Gasteiger partial charge in [-0.2, -0.15) is 0 Å². The highest BCUT2D eigenvalue weighted by molar-refractivity contribution is 5.93. The van der Waals surface area contributed by atoms with E-state index >= 15 is 0 Å². The van der Waals surface area contributed by atoms with Gasteiger partial charge >= 0.3 is 0 Å². The molecule has 0 radical (unpaired) electrons. The number of hydrogen-bond donors (Lipinski definition) is 1. The molecule has 0 spiro atoms. The van der Waals surface area contributed by atoms with Crippen LogP contribution in [0.4, 0.5) is 5.82 Å². The normalized spacial score (nSPS) is 11.9. The fraction of sp³-hybridized carbons (Fsp3) is 0.167. The Balaban J connectivity index is 1.78. The van der Waals surface area contributed by atoms with Gasteiger partial charge in [0.15, 0.2) is 0 Å². The molecule has 1 unspecified atom stereocenters. The molecule has 28 heavy (non-hydrogen) atoms. The molecule has 0 fully saturated rings. The smallest absolute Gasteiger partial charge is 0.145 e. The van der Waals surface area contributed by atoms with Gasteiger partial charge in [-0.25, -0.2) is 9.97 Å². The van der Waals surface area contributed by atoms with E-state index in [9.17, 15) is 0 Å². The number of fused-ring (bicyclic) bond motifs is 1. The van der Waals surface area contributed by atoms with Crippen LogP contribution in [-0.2, 0) is 6.54 Å². The number of aromatic nitrogens is 2. The van der Waals surface area contributed by atoms with Gasteiger partial charge in [-0.1, -0.05) is 73.7 Å². The second-order valence-corrected chi connectivity index (χ2v) is 6.76. The zero-order chi connectivity index (χ0) is 19.3. The third kappa shape index (κ3) is 3.67. The third-order valence-electron chi connectivity index (χ3n) is 4.92. The first-order valence-electron chi connectivity index (χ1n) is 9.43. The van der Waals surface area contributed by atoms with E-state index in [1.54, 1.807) is 7.11 Å². The van der Waals surface area contributed by atoms with Crippen molar-refractivity contribution < 1.29 is 4.74 Å². The highest BCUT2D eigenvalue weighted by Gasteiger charge is 2.17. The number of nitrogens with one attached hydrogen (secondary N) is 1. The maximum atomic E-state index is 5.57. The molecule has 4 rings (SSSR count). The molecule has 1 atom stereocenters. The van der Waals surface area contributed by atoms with Gasteiger partial charge < -0.3 is 10.1 Å². The van der Waals surface area contributed by atoms with Crippen molar-refractivity contribution in [2.45, 2.75) is 19.4 Å². The van der Waals surface area contributed by atoms with Crippen LogP contribution in [0, 0.1) is 0 Å². The second-order valence-electron chi connectivity index (χ2n) is 6.76. The van der Waals surface area contributed by atoms with Crippen molar-refractivity contribution in [1.82, 2.24) is 9.97 Å². The minimum Gasteiger partial charge on any atom is -0.494 e. The molecule has 0 amide bonds. The lowest BCUT2D eigenvalue weighted by Crippen LogP contribution is -2.09. The molecule has 0 bridgehead atoms. The third-order valence-corrected chi connectivity index (χ3v) is 4.92. The average molecular weight is 369 g/mol. The Morgan fingerprint density at radius 2 is 1.57 bits per heavy atom. The Morgan fingerprint density at radius 3 is 2.29 bits per heavy atom. The summed E-state index contributed by atoms with van der Waals surface area (Å²) in [6.07, 6.45) is 0. The van der Waals surface area contributed by atoms with Gasteiger partial charge in [-0.05, 0) is 23.3 Å². The van der Waals surface area contributed by atoms with Crippen LogP contribution in [0.5, 0.6) is 5.75 Å². The van der Waals surface area contributed by atoms with Crippen molar-refractivity contribution in [3.8, 4) is 5.75 Å². The van der Waals surface area contributed by atoms with Gasteiger partial charge in [0.25, 0.3) is 0 Å². The largest absolute Gasteiger partial charge is 0.494 e. The van der Waals surface area contributed by atoms with E-state index in [-0.39, 0.29) is 5.92 Å². The molecule has 1 aromatic heterocycles. The van der Waals surface area contributed by atoms with Gasteiger partial charge in [-0.3, -0.25) is 0 Å². The summed E-state index contributed by atoms with van der Waals surface area (Å²) in [7, 11) is 1.67. The molecule has 0 aliphatic rings. The summed E-state index contributed by atoms with van der Waals surface area (Å²) in [5, 5.41) is 4.45. The Labute approximate surface area is 165 Å². The van der Waals surface area contributed by atoms with Gasteiger partial charge in [0, 0.05) is 17.8 Å². The predicted octanol–water partition coefficient (Wildman–Crippen LogP) is 5.40. The second kappa shape index (κ2) is 8.09. The lowest BCUT2D eigenvalue weighted by atomic mass is 10.0. The summed E-state index contributed by atoms with van der Waals surface area (Å²) in [4.78, 5) is 9.75. The summed E-state index contributed by atoms with van der Waals surface area (Å²) in [5.41, 5.74) is 3.22. The van der Waals surface area contributed by atoms with Crippen LogP contribution in [0.3, 0.4) is 0 Å². The number of benzene rings is 3. The predicted molar refractivity (Wildman–Crippen MR) is 114 cm³/mol. The standard InChI is InChI=1S/C24H23N3O/c1-17(19-12-7-4-8-13-19)23-26-22-20(14-9-15-21(22)28-2)24(27-23)25-16-18-10-5-3-6-11-18/h3-15,17H,16H2,1-2H3,(H,25,26,27). The fourth-order valence-electron chi connectivity index (χ4n) is 3.31. The fourth-order valence-corrected chi connectivity index (χ4v) is 3.31. The van der Waals surface area contributed by atoms with E-state index < -0.39 is 0 Å². The topological polar surface area (TPSA) is 47.0 Å². The molecule has 3 aromatic carbocycles. The quantitative estimate of drug-likeness (QED) is 0.494. The van der Waals surface area contributed by atoms with Gasteiger partial charge in [0.05, 0.1) is 7.11 Å². The van der Waals surface area contributed by atoms with E-state index in [2.05, 4.69) is 36.5 Å². The van der Waals surface area contributed by atoms with Crippen molar-refractivity contribution in [3.63, 3.8) is 0 Å². The Hall–Kier alpha value is -3.40. The summed E-state index contributed by atoms with van der Waals surface area (Å²) < 4.78 is 5.57. The van der Waals surface area contributed by atoms with E-state index in [0.717, 1.165) is 28.3 Å². The van der Waals surface area contributed by atoms with E-state index in [1.807, 2.05) is 54.6 Å². The molecule has 0 aliphatic heterocycles. The number of nitrogens with zero attached hydrogens (tertiary/aromatic N) is 2. The van der Waals surface area contributed by atoms with E-state index in [0.29, 0.717) is 6.54 Å². The molecule has 1 heterocycles. The Kier molecular flexibility index (Phi) is 5.20. The van der Waals surface area contributed by atoms with Gasteiger partial charge in [-0.15, -0.1) is 0 Å². The SMILES string of the molecule is COc1cccc2c(NCc3ccccc3)nc(C(C)c3ccccc3)nc12. The lowest BCUT2D eigenvalue weighted by Gasteiger charge is -2.16. The van der Waals surface area contributed by atoms with Crippen molar-refractivity contribution in [2.24, 2.45) is 0 Å².